The molecule has 4 nitrogen and oxygen atoms in total. The lowest BCUT2D eigenvalue weighted by Crippen LogP contribution is -2.11. The highest BCUT2D eigenvalue weighted by Gasteiger charge is 2.08. The number of aromatic nitrogens is 2. The molecular formula is C14H11ClN4. The van der Waals surface area contributed by atoms with E-state index < -0.39 is 0 Å². The predicted molar refractivity (Wildman–Crippen MR) is 77.1 cm³/mol. The molecule has 0 amide bonds. The monoisotopic (exact) mass is 270 g/mol. The Kier molecular flexibility index (Phi) is 2.72. The smallest absolute Gasteiger partial charge is 0.124 e. The van der Waals surface area contributed by atoms with Gasteiger partial charge in [-0.15, -0.1) is 0 Å². The number of halogens is 1. The molecule has 1 aromatic heterocycles. The minimum absolute atomic E-state index is 0.0351. The zero-order chi connectivity index (χ0) is 13.4. The summed E-state index contributed by atoms with van der Waals surface area (Å²) in [5.74, 6) is -0.0351. The third kappa shape index (κ3) is 1.96. The zero-order valence-electron chi connectivity index (χ0n) is 9.97. The molecule has 0 aliphatic carbocycles. The average molecular weight is 271 g/mol. The molecule has 0 spiro atoms. The Balaban J connectivity index is 2.17. The van der Waals surface area contributed by atoms with Crippen LogP contribution in [-0.2, 0) is 0 Å². The number of para-hydroxylation sites is 2. The van der Waals surface area contributed by atoms with Gasteiger partial charge in [0.05, 0.1) is 16.1 Å². The van der Waals surface area contributed by atoms with Crippen LogP contribution in [0.4, 0.5) is 0 Å². The number of nitrogen functional groups attached to an aromatic ring is 1. The van der Waals surface area contributed by atoms with E-state index in [0.717, 1.165) is 16.7 Å². The van der Waals surface area contributed by atoms with Crippen LogP contribution < -0.4 is 5.73 Å². The third-order valence-corrected chi connectivity index (χ3v) is 3.29. The van der Waals surface area contributed by atoms with Crippen LogP contribution in [0.2, 0.25) is 5.02 Å². The van der Waals surface area contributed by atoms with Crippen LogP contribution in [0.25, 0.3) is 16.7 Å². The fourth-order valence-electron chi connectivity index (χ4n) is 2.04. The first-order valence-corrected chi connectivity index (χ1v) is 6.11. The average Bonchev–Trinajstić information content (AvgIpc) is 2.82. The molecule has 0 saturated heterocycles. The number of nitrogens with one attached hydrogen (secondary N) is 1. The first-order chi connectivity index (χ1) is 9.16. The summed E-state index contributed by atoms with van der Waals surface area (Å²) in [4.78, 5) is 4.34. The molecule has 5 heteroatoms. The van der Waals surface area contributed by atoms with E-state index in [9.17, 15) is 0 Å². The summed E-state index contributed by atoms with van der Waals surface area (Å²) in [6.45, 7) is 0. The summed E-state index contributed by atoms with van der Waals surface area (Å²) < 4.78 is 1.95. The number of imidazole rings is 1. The van der Waals surface area contributed by atoms with Crippen LogP contribution in [0.3, 0.4) is 0 Å². The van der Waals surface area contributed by atoms with E-state index in [1.54, 1.807) is 18.5 Å². The topological polar surface area (TPSA) is 67.7 Å². The molecular weight excluding hydrogens is 260 g/mol. The van der Waals surface area contributed by atoms with E-state index in [1.165, 1.54) is 0 Å². The summed E-state index contributed by atoms with van der Waals surface area (Å²) in [6.07, 6.45) is 1.75. The van der Waals surface area contributed by atoms with Gasteiger partial charge in [-0.3, -0.25) is 9.98 Å². The van der Waals surface area contributed by atoms with Crippen LogP contribution in [-0.4, -0.2) is 15.4 Å². The standard InChI is InChI=1S/C14H11ClN4/c15-11-7-9(5-6-10(11)14(16)17)19-8-18-12-3-1-2-4-13(12)19/h1-8H,(H3,16,17). The number of nitrogens with zero attached hydrogens (tertiary/aromatic N) is 2. The maximum absolute atomic E-state index is 7.43. The Morgan fingerprint density at radius 1 is 1.21 bits per heavy atom. The van der Waals surface area contributed by atoms with Crippen molar-refractivity contribution in [1.82, 2.24) is 9.55 Å². The number of benzene rings is 2. The van der Waals surface area contributed by atoms with Crippen molar-refractivity contribution in [2.24, 2.45) is 5.73 Å². The fourth-order valence-corrected chi connectivity index (χ4v) is 2.31. The quantitative estimate of drug-likeness (QED) is 0.555. The summed E-state index contributed by atoms with van der Waals surface area (Å²) in [7, 11) is 0. The van der Waals surface area contributed by atoms with Gasteiger partial charge in [0, 0.05) is 11.3 Å². The van der Waals surface area contributed by atoms with Crippen LogP contribution in [0, 0.1) is 5.41 Å². The van der Waals surface area contributed by atoms with E-state index in [2.05, 4.69) is 4.98 Å². The molecule has 0 bridgehead atoms. The lowest BCUT2D eigenvalue weighted by molar-refractivity contribution is 1.09. The van der Waals surface area contributed by atoms with E-state index in [-0.39, 0.29) is 5.84 Å². The number of hydrogen-bond acceptors (Lipinski definition) is 2. The zero-order valence-corrected chi connectivity index (χ0v) is 10.7. The Hall–Kier alpha value is -2.33. The minimum Gasteiger partial charge on any atom is -0.384 e. The van der Waals surface area contributed by atoms with Crippen LogP contribution in [0.5, 0.6) is 0 Å². The van der Waals surface area contributed by atoms with Crippen molar-refractivity contribution in [3.63, 3.8) is 0 Å². The molecule has 0 aliphatic rings. The maximum Gasteiger partial charge on any atom is 0.124 e. The number of amidine groups is 1. The summed E-state index contributed by atoms with van der Waals surface area (Å²) in [5.41, 5.74) is 8.82. The van der Waals surface area contributed by atoms with Crippen LogP contribution in [0.1, 0.15) is 5.56 Å². The van der Waals surface area contributed by atoms with E-state index in [4.69, 9.17) is 22.7 Å². The Morgan fingerprint density at radius 3 is 2.74 bits per heavy atom. The van der Waals surface area contributed by atoms with Crippen molar-refractivity contribution >= 4 is 28.5 Å². The largest absolute Gasteiger partial charge is 0.384 e. The van der Waals surface area contributed by atoms with E-state index >= 15 is 0 Å². The van der Waals surface area contributed by atoms with Gasteiger partial charge >= 0.3 is 0 Å². The predicted octanol–water partition coefficient (Wildman–Crippen LogP) is 2.96. The Labute approximate surface area is 115 Å². The number of nitrogens with two attached hydrogens (primary N) is 1. The van der Waals surface area contributed by atoms with Crippen molar-refractivity contribution in [3.8, 4) is 5.69 Å². The molecule has 0 saturated carbocycles. The van der Waals surface area contributed by atoms with E-state index in [0.29, 0.717) is 10.6 Å². The number of hydrogen-bond donors (Lipinski definition) is 2. The van der Waals surface area contributed by atoms with Gasteiger partial charge in [-0.1, -0.05) is 23.7 Å². The van der Waals surface area contributed by atoms with Gasteiger partial charge in [0.2, 0.25) is 0 Å². The van der Waals surface area contributed by atoms with Crippen molar-refractivity contribution in [2.75, 3.05) is 0 Å². The first-order valence-electron chi connectivity index (χ1n) is 5.73. The lowest BCUT2D eigenvalue weighted by Gasteiger charge is -2.07. The van der Waals surface area contributed by atoms with E-state index in [1.807, 2.05) is 34.9 Å². The highest BCUT2D eigenvalue weighted by molar-refractivity contribution is 6.34. The first kappa shape index (κ1) is 11.7. The second kappa shape index (κ2) is 4.40. The highest BCUT2D eigenvalue weighted by atomic mass is 35.5. The van der Waals surface area contributed by atoms with Crippen LogP contribution in [0.15, 0.2) is 48.8 Å². The van der Waals surface area contributed by atoms with Crippen molar-refractivity contribution in [1.29, 1.82) is 5.41 Å². The van der Waals surface area contributed by atoms with Crippen molar-refractivity contribution in [3.05, 3.63) is 59.4 Å². The van der Waals surface area contributed by atoms with Gasteiger partial charge in [0.15, 0.2) is 0 Å². The molecule has 2 aromatic carbocycles. The molecule has 0 unspecified atom stereocenters. The van der Waals surface area contributed by atoms with Crippen LogP contribution >= 0.6 is 11.6 Å². The third-order valence-electron chi connectivity index (χ3n) is 2.97. The normalized spacial score (nSPS) is 10.8. The second-order valence-electron chi connectivity index (χ2n) is 4.18. The Bertz CT molecular complexity index is 776. The van der Waals surface area contributed by atoms with Gasteiger partial charge in [0.25, 0.3) is 0 Å². The molecule has 1 heterocycles. The molecule has 94 valence electrons. The SMILES string of the molecule is N=C(N)c1ccc(-n2cnc3ccccc32)cc1Cl. The van der Waals surface area contributed by atoms with Gasteiger partial charge in [-0.2, -0.15) is 0 Å². The van der Waals surface area contributed by atoms with Gasteiger partial charge in [-0.25, -0.2) is 4.98 Å². The number of rotatable bonds is 2. The van der Waals surface area contributed by atoms with Crippen molar-refractivity contribution in [2.45, 2.75) is 0 Å². The number of fused-ring (bicyclic) bond motifs is 1. The fraction of sp³-hybridized carbons (Fsp3) is 0. The summed E-state index contributed by atoms with van der Waals surface area (Å²) >= 11 is 6.14. The molecule has 3 aromatic rings. The molecule has 3 rings (SSSR count). The second-order valence-corrected chi connectivity index (χ2v) is 4.59. The van der Waals surface area contributed by atoms with Gasteiger partial charge in [0.1, 0.15) is 12.2 Å². The maximum atomic E-state index is 7.43. The van der Waals surface area contributed by atoms with Gasteiger partial charge in [-0.05, 0) is 30.3 Å². The molecule has 0 radical (unpaired) electrons. The molecule has 0 fully saturated rings. The highest BCUT2D eigenvalue weighted by Crippen LogP contribution is 2.23. The van der Waals surface area contributed by atoms with Crippen molar-refractivity contribution < 1.29 is 0 Å². The lowest BCUT2D eigenvalue weighted by atomic mass is 10.2. The summed E-state index contributed by atoms with van der Waals surface area (Å²) in [5, 5.41) is 7.89. The molecule has 3 N–H and O–H groups in total. The molecule has 0 aliphatic heterocycles. The Morgan fingerprint density at radius 2 is 2.00 bits per heavy atom. The minimum atomic E-state index is -0.0351. The molecule has 19 heavy (non-hydrogen) atoms. The van der Waals surface area contributed by atoms with Gasteiger partial charge < -0.3 is 5.73 Å². The molecule has 0 atom stereocenters. The summed E-state index contributed by atoms with van der Waals surface area (Å²) in [6, 6.07) is 13.3.